The van der Waals surface area contributed by atoms with Crippen molar-refractivity contribution in [3.05, 3.63) is 0 Å². The molecule has 0 aromatic carbocycles. The highest BCUT2D eigenvalue weighted by atomic mass is 15.2. The van der Waals surface area contributed by atoms with Crippen molar-refractivity contribution in [2.75, 3.05) is 26.2 Å². The lowest BCUT2D eigenvalue weighted by Gasteiger charge is -2.22. The van der Waals surface area contributed by atoms with Gasteiger partial charge in [0.15, 0.2) is 0 Å². The summed E-state index contributed by atoms with van der Waals surface area (Å²) >= 11 is 0. The molecular weight excluding hydrogens is 160 g/mol. The number of likely N-dealkylation sites (tertiary alicyclic amines) is 1. The SMILES string of the molecule is CCNCCC[C@@H]1CCCN1CC. The third-order valence-electron chi connectivity index (χ3n) is 3.05. The van der Waals surface area contributed by atoms with E-state index in [-0.39, 0.29) is 0 Å². The molecule has 0 radical (unpaired) electrons. The van der Waals surface area contributed by atoms with E-state index in [1.165, 1.54) is 45.3 Å². The highest BCUT2D eigenvalue weighted by Crippen LogP contribution is 2.20. The van der Waals surface area contributed by atoms with Crippen LogP contribution in [0.15, 0.2) is 0 Å². The quantitative estimate of drug-likeness (QED) is 0.634. The minimum atomic E-state index is 0.892. The summed E-state index contributed by atoms with van der Waals surface area (Å²) in [5.41, 5.74) is 0. The van der Waals surface area contributed by atoms with Crippen LogP contribution in [0.3, 0.4) is 0 Å². The van der Waals surface area contributed by atoms with Crippen LogP contribution in [-0.4, -0.2) is 37.1 Å². The Balaban J connectivity index is 2.06. The van der Waals surface area contributed by atoms with Gasteiger partial charge in [-0.2, -0.15) is 0 Å². The van der Waals surface area contributed by atoms with Crippen molar-refractivity contribution in [2.24, 2.45) is 0 Å². The van der Waals surface area contributed by atoms with Crippen molar-refractivity contribution in [3.8, 4) is 0 Å². The Bertz CT molecular complexity index is 125. The summed E-state index contributed by atoms with van der Waals surface area (Å²) in [7, 11) is 0. The van der Waals surface area contributed by atoms with Crippen molar-refractivity contribution in [1.82, 2.24) is 10.2 Å². The first-order chi connectivity index (χ1) is 6.38. The first kappa shape index (κ1) is 11.0. The maximum Gasteiger partial charge on any atom is 0.00960 e. The van der Waals surface area contributed by atoms with Gasteiger partial charge in [0.25, 0.3) is 0 Å². The molecule has 0 saturated carbocycles. The van der Waals surface area contributed by atoms with E-state index in [0.29, 0.717) is 0 Å². The Hall–Kier alpha value is -0.0800. The van der Waals surface area contributed by atoms with Gasteiger partial charge in [0, 0.05) is 6.04 Å². The zero-order valence-corrected chi connectivity index (χ0v) is 9.18. The average molecular weight is 184 g/mol. The second-order valence-corrected chi connectivity index (χ2v) is 3.92. The summed E-state index contributed by atoms with van der Waals surface area (Å²) in [6.07, 6.45) is 5.58. The molecule has 0 amide bonds. The van der Waals surface area contributed by atoms with E-state index in [2.05, 4.69) is 24.1 Å². The minimum Gasteiger partial charge on any atom is -0.317 e. The van der Waals surface area contributed by atoms with Crippen LogP contribution in [0, 0.1) is 0 Å². The first-order valence-corrected chi connectivity index (χ1v) is 5.83. The highest BCUT2D eigenvalue weighted by Gasteiger charge is 2.21. The minimum absolute atomic E-state index is 0.892. The summed E-state index contributed by atoms with van der Waals surface area (Å²) < 4.78 is 0. The molecule has 0 aliphatic carbocycles. The molecule has 1 aliphatic rings. The fraction of sp³-hybridized carbons (Fsp3) is 1.00. The third kappa shape index (κ3) is 3.65. The smallest absolute Gasteiger partial charge is 0.00960 e. The van der Waals surface area contributed by atoms with Crippen LogP contribution in [0.1, 0.15) is 39.5 Å². The lowest BCUT2D eigenvalue weighted by molar-refractivity contribution is 0.252. The molecule has 0 unspecified atom stereocenters. The van der Waals surface area contributed by atoms with E-state index < -0.39 is 0 Å². The van der Waals surface area contributed by atoms with E-state index in [4.69, 9.17) is 0 Å². The van der Waals surface area contributed by atoms with Gasteiger partial charge in [0.1, 0.15) is 0 Å². The number of nitrogens with zero attached hydrogens (tertiary/aromatic N) is 1. The molecule has 1 fully saturated rings. The molecule has 2 heteroatoms. The normalized spacial score (nSPS) is 24.0. The molecule has 1 N–H and O–H groups in total. The summed E-state index contributed by atoms with van der Waals surface area (Å²) in [5, 5.41) is 3.39. The van der Waals surface area contributed by atoms with Crippen LogP contribution >= 0.6 is 0 Å². The van der Waals surface area contributed by atoms with Crippen LogP contribution in [0.25, 0.3) is 0 Å². The van der Waals surface area contributed by atoms with Gasteiger partial charge in [-0.3, -0.25) is 0 Å². The van der Waals surface area contributed by atoms with Crippen molar-refractivity contribution < 1.29 is 0 Å². The number of nitrogens with one attached hydrogen (secondary N) is 1. The highest BCUT2D eigenvalue weighted by molar-refractivity contribution is 4.77. The van der Waals surface area contributed by atoms with Crippen LogP contribution < -0.4 is 5.32 Å². The number of hydrogen-bond donors (Lipinski definition) is 1. The summed E-state index contributed by atoms with van der Waals surface area (Å²) in [5.74, 6) is 0. The molecule has 0 spiro atoms. The zero-order chi connectivity index (χ0) is 9.52. The van der Waals surface area contributed by atoms with Crippen LogP contribution in [0.2, 0.25) is 0 Å². The Morgan fingerprint density at radius 3 is 2.92 bits per heavy atom. The lowest BCUT2D eigenvalue weighted by atomic mass is 10.1. The van der Waals surface area contributed by atoms with Crippen molar-refractivity contribution in [3.63, 3.8) is 0 Å². The summed E-state index contributed by atoms with van der Waals surface area (Å²) in [6.45, 7) is 9.34. The van der Waals surface area contributed by atoms with Crippen molar-refractivity contribution >= 4 is 0 Å². The van der Waals surface area contributed by atoms with Crippen LogP contribution in [0.5, 0.6) is 0 Å². The second kappa shape index (κ2) is 6.39. The number of hydrogen-bond acceptors (Lipinski definition) is 2. The average Bonchev–Trinajstić information content (AvgIpc) is 2.60. The van der Waals surface area contributed by atoms with E-state index in [1.807, 2.05) is 0 Å². The molecule has 0 bridgehead atoms. The topological polar surface area (TPSA) is 15.3 Å². The van der Waals surface area contributed by atoms with E-state index in [9.17, 15) is 0 Å². The van der Waals surface area contributed by atoms with Crippen molar-refractivity contribution in [1.29, 1.82) is 0 Å². The Morgan fingerprint density at radius 2 is 2.23 bits per heavy atom. The third-order valence-corrected chi connectivity index (χ3v) is 3.05. The Kier molecular flexibility index (Phi) is 5.40. The fourth-order valence-electron chi connectivity index (χ4n) is 2.28. The summed E-state index contributed by atoms with van der Waals surface area (Å²) in [6, 6.07) is 0.892. The van der Waals surface area contributed by atoms with E-state index >= 15 is 0 Å². The second-order valence-electron chi connectivity index (χ2n) is 3.92. The van der Waals surface area contributed by atoms with Gasteiger partial charge in [-0.1, -0.05) is 13.8 Å². The van der Waals surface area contributed by atoms with Gasteiger partial charge in [-0.05, 0) is 51.9 Å². The first-order valence-electron chi connectivity index (χ1n) is 5.83. The molecule has 13 heavy (non-hydrogen) atoms. The van der Waals surface area contributed by atoms with Gasteiger partial charge < -0.3 is 10.2 Å². The molecule has 1 saturated heterocycles. The predicted molar refractivity (Wildman–Crippen MR) is 58.0 cm³/mol. The lowest BCUT2D eigenvalue weighted by Crippen LogP contribution is -2.29. The standard InChI is InChI=1S/C11H24N2/c1-3-12-9-5-7-11-8-6-10-13(11)4-2/h11-12H,3-10H2,1-2H3/t11-/m1/s1. The molecule has 1 atom stereocenters. The molecule has 1 rings (SSSR count). The molecule has 78 valence electrons. The van der Waals surface area contributed by atoms with Crippen molar-refractivity contribution in [2.45, 2.75) is 45.6 Å². The largest absolute Gasteiger partial charge is 0.317 e. The molecule has 1 aliphatic heterocycles. The predicted octanol–water partition coefficient (Wildman–Crippen LogP) is 1.86. The Morgan fingerprint density at radius 1 is 1.38 bits per heavy atom. The maximum absolute atomic E-state index is 3.39. The van der Waals surface area contributed by atoms with Gasteiger partial charge in [0.2, 0.25) is 0 Å². The fourth-order valence-corrected chi connectivity index (χ4v) is 2.28. The molecule has 1 heterocycles. The van der Waals surface area contributed by atoms with Gasteiger partial charge >= 0.3 is 0 Å². The van der Waals surface area contributed by atoms with E-state index in [0.717, 1.165) is 12.6 Å². The van der Waals surface area contributed by atoms with Crippen LogP contribution in [-0.2, 0) is 0 Å². The van der Waals surface area contributed by atoms with Gasteiger partial charge in [0.05, 0.1) is 0 Å². The summed E-state index contributed by atoms with van der Waals surface area (Å²) in [4.78, 5) is 2.63. The molecule has 2 nitrogen and oxygen atoms in total. The van der Waals surface area contributed by atoms with E-state index in [1.54, 1.807) is 0 Å². The monoisotopic (exact) mass is 184 g/mol. The molecule has 0 aromatic heterocycles. The van der Waals surface area contributed by atoms with Crippen LogP contribution in [0.4, 0.5) is 0 Å². The number of rotatable bonds is 6. The zero-order valence-electron chi connectivity index (χ0n) is 9.18. The Labute approximate surface area is 82.7 Å². The molecule has 0 aromatic rings. The van der Waals surface area contributed by atoms with Gasteiger partial charge in [-0.25, -0.2) is 0 Å². The maximum atomic E-state index is 3.39. The van der Waals surface area contributed by atoms with Gasteiger partial charge in [-0.15, -0.1) is 0 Å². The molecular formula is C11H24N2.